The first-order chi connectivity index (χ1) is 10.8. The van der Waals surface area contributed by atoms with E-state index in [1.54, 1.807) is 6.20 Å². The monoisotopic (exact) mass is 298 g/mol. The van der Waals surface area contributed by atoms with Gasteiger partial charge in [0.2, 0.25) is 0 Å². The molecule has 0 spiro atoms. The highest BCUT2D eigenvalue weighted by atomic mass is 15.1. The van der Waals surface area contributed by atoms with Gasteiger partial charge in [0.1, 0.15) is 0 Å². The molecule has 0 saturated carbocycles. The Labute approximate surface area is 133 Å². The Bertz CT molecular complexity index is 539. The Morgan fingerprint density at radius 2 is 1.95 bits per heavy atom. The quantitative estimate of drug-likeness (QED) is 0.832. The predicted octanol–water partition coefficient (Wildman–Crippen LogP) is 2.69. The average molecular weight is 298 g/mol. The molecule has 1 saturated heterocycles. The summed E-state index contributed by atoms with van der Waals surface area (Å²) in [5.74, 6) is 0.915. The van der Waals surface area contributed by atoms with E-state index in [0.717, 1.165) is 24.7 Å². The molecule has 1 aliphatic heterocycles. The van der Waals surface area contributed by atoms with Gasteiger partial charge in [-0.25, -0.2) is 4.98 Å². The average Bonchev–Trinajstić information content (AvgIpc) is 3.08. The Kier molecular flexibility index (Phi) is 5.24. The zero-order chi connectivity index (χ0) is 15.2. The number of hydrogen-bond donors (Lipinski definition) is 1. The van der Waals surface area contributed by atoms with Crippen molar-refractivity contribution in [2.75, 3.05) is 26.2 Å². The molecule has 1 N–H and O–H groups in total. The molecule has 1 aliphatic rings. The topological polar surface area (TPSA) is 33.1 Å². The maximum atomic E-state index is 4.08. The molecular formula is C18H26N4. The van der Waals surface area contributed by atoms with Crippen LogP contribution in [-0.4, -0.2) is 40.6 Å². The zero-order valence-corrected chi connectivity index (χ0v) is 13.4. The van der Waals surface area contributed by atoms with Crippen LogP contribution in [0.25, 0.3) is 5.69 Å². The summed E-state index contributed by atoms with van der Waals surface area (Å²) in [5, 5.41) is 3.55. The maximum absolute atomic E-state index is 4.08. The molecule has 4 heteroatoms. The molecule has 2 heterocycles. The standard InChI is InChI=1S/C18H26N4/c1-16-6-10-21(11-7-16)12-8-19-14-17-2-4-18(5-3-17)22-13-9-20-15-22/h2-5,9,13,15-16,19H,6-8,10-12,14H2,1H3. The lowest BCUT2D eigenvalue weighted by Crippen LogP contribution is -2.37. The fraction of sp³-hybridized carbons (Fsp3) is 0.500. The molecule has 0 amide bonds. The summed E-state index contributed by atoms with van der Waals surface area (Å²) < 4.78 is 2.02. The number of imidazole rings is 1. The first-order valence-corrected chi connectivity index (χ1v) is 8.31. The van der Waals surface area contributed by atoms with Crippen LogP contribution < -0.4 is 5.32 Å². The molecule has 0 radical (unpaired) electrons. The van der Waals surface area contributed by atoms with Gasteiger partial charge in [0, 0.05) is 37.7 Å². The molecule has 2 aromatic rings. The molecule has 0 bridgehead atoms. The van der Waals surface area contributed by atoms with Gasteiger partial charge in [0.05, 0.1) is 6.33 Å². The van der Waals surface area contributed by atoms with Crippen molar-refractivity contribution in [3.63, 3.8) is 0 Å². The molecular weight excluding hydrogens is 272 g/mol. The van der Waals surface area contributed by atoms with Gasteiger partial charge in [-0.15, -0.1) is 0 Å². The molecule has 22 heavy (non-hydrogen) atoms. The van der Waals surface area contributed by atoms with E-state index in [-0.39, 0.29) is 0 Å². The normalized spacial score (nSPS) is 17.0. The molecule has 0 atom stereocenters. The van der Waals surface area contributed by atoms with Crippen molar-refractivity contribution < 1.29 is 0 Å². The van der Waals surface area contributed by atoms with Crippen LogP contribution in [0.1, 0.15) is 25.3 Å². The van der Waals surface area contributed by atoms with Crippen LogP contribution in [-0.2, 0) is 6.54 Å². The van der Waals surface area contributed by atoms with E-state index in [1.807, 2.05) is 17.1 Å². The van der Waals surface area contributed by atoms with E-state index in [1.165, 1.54) is 38.0 Å². The van der Waals surface area contributed by atoms with E-state index in [0.29, 0.717) is 0 Å². The smallest absolute Gasteiger partial charge is 0.0991 e. The lowest BCUT2D eigenvalue weighted by Gasteiger charge is -2.30. The lowest BCUT2D eigenvalue weighted by molar-refractivity contribution is 0.193. The van der Waals surface area contributed by atoms with Crippen molar-refractivity contribution in [3.8, 4) is 5.69 Å². The van der Waals surface area contributed by atoms with Crippen molar-refractivity contribution in [3.05, 3.63) is 48.5 Å². The highest BCUT2D eigenvalue weighted by Crippen LogP contribution is 2.15. The summed E-state index contributed by atoms with van der Waals surface area (Å²) in [4.78, 5) is 6.66. The van der Waals surface area contributed by atoms with Gasteiger partial charge in [-0.3, -0.25) is 0 Å². The minimum Gasteiger partial charge on any atom is -0.311 e. The van der Waals surface area contributed by atoms with E-state index in [4.69, 9.17) is 0 Å². The molecule has 3 rings (SSSR count). The molecule has 4 nitrogen and oxygen atoms in total. The molecule has 1 aromatic heterocycles. The second kappa shape index (κ2) is 7.56. The van der Waals surface area contributed by atoms with Gasteiger partial charge in [-0.05, 0) is 49.5 Å². The fourth-order valence-corrected chi connectivity index (χ4v) is 2.95. The van der Waals surface area contributed by atoms with Crippen LogP contribution in [0.2, 0.25) is 0 Å². The zero-order valence-electron chi connectivity index (χ0n) is 13.4. The number of benzene rings is 1. The fourth-order valence-electron chi connectivity index (χ4n) is 2.95. The Balaban J connectivity index is 1.39. The number of nitrogens with one attached hydrogen (secondary N) is 1. The summed E-state index contributed by atoms with van der Waals surface area (Å²) in [6.07, 6.45) is 8.31. The van der Waals surface area contributed by atoms with Crippen LogP contribution in [0.3, 0.4) is 0 Å². The first-order valence-electron chi connectivity index (χ1n) is 8.31. The highest BCUT2D eigenvalue weighted by molar-refractivity contribution is 5.34. The van der Waals surface area contributed by atoms with E-state index >= 15 is 0 Å². The van der Waals surface area contributed by atoms with E-state index < -0.39 is 0 Å². The van der Waals surface area contributed by atoms with Crippen molar-refractivity contribution in [2.24, 2.45) is 5.92 Å². The molecule has 0 aliphatic carbocycles. The van der Waals surface area contributed by atoms with Gasteiger partial charge in [-0.2, -0.15) is 0 Å². The summed E-state index contributed by atoms with van der Waals surface area (Å²) in [6.45, 7) is 8.07. The summed E-state index contributed by atoms with van der Waals surface area (Å²) in [5.41, 5.74) is 2.49. The van der Waals surface area contributed by atoms with E-state index in [2.05, 4.69) is 46.4 Å². The highest BCUT2D eigenvalue weighted by Gasteiger charge is 2.14. The predicted molar refractivity (Wildman–Crippen MR) is 90.1 cm³/mol. The van der Waals surface area contributed by atoms with Crippen LogP contribution >= 0.6 is 0 Å². The lowest BCUT2D eigenvalue weighted by atomic mass is 9.99. The number of aromatic nitrogens is 2. The van der Waals surface area contributed by atoms with Gasteiger partial charge < -0.3 is 14.8 Å². The van der Waals surface area contributed by atoms with Crippen molar-refractivity contribution in [1.82, 2.24) is 19.8 Å². The van der Waals surface area contributed by atoms with Gasteiger partial charge in [-0.1, -0.05) is 19.1 Å². The number of likely N-dealkylation sites (tertiary alicyclic amines) is 1. The van der Waals surface area contributed by atoms with Crippen LogP contribution in [0.15, 0.2) is 43.0 Å². The molecule has 118 valence electrons. The minimum absolute atomic E-state index is 0.915. The molecule has 0 unspecified atom stereocenters. The van der Waals surface area contributed by atoms with Crippen LogP contribution in [0.4, 0.5) is 0 Å². The molecule has 1 aromatic carbocycles. The molecule has 1 fully saturated rings. The summed E-state index contributed by atoms with van der Waals surface area (Å²) >= 11 is 0. The first kappa shape index (κ1) is 15.3. The third kappa shape index (κ3) is 4.18. The largest absolute Gasteiger partial charge is 0.311 e. The van der Waals surface area contributed by atoms with Crippen LogP contribution in [0.5, 0.6) is 0 Å². The second-order valence-corrected chi connectivity index (χ2v) is 6.34. The summed E-state index contributed by atoms with van der Waals surface area (Å²) in [6, 6.07) is 8.66. The number of piperidine rings is 1. The second-order valence-electron chi connectivity index (χ2n) is 6.34. The van der Waals surface area contributed by atoms with Crippen molar-refractivity contribution >= 4 is 0 Å². The Morgan fingerprint density at radius 1 is 1.18 bits per heavy atom. The third-order valence-electron chi connectivity index (χ3n) is 4.55. The van der Waals surface area contributed by atoms with Crippen molar-refractivity contribution in [1.29, 1.82) is 0 Å². The van der Waals surface area contributed by atoms with Gasteiger partial charge in [0.25, 0.3) is 0 Å². The van der Waals surface area contributed by atoms with Gasteiger partial charge in [0.15, 0.2) is 0 Å². The van der Waals surface area contributed by atoms with E-state index in [9.17, 15) is 0 Å². The van der Waals surface area contributed by atoms with Gasteiger partial charge >= 0.3 is 0 Å². The number of rotatable bonds is 6. The minimum atomic E-state index is 0.915. The SMILES string of the molecule is CC1CCN(CCNCc2ccc(-n3ccnc3)cc2)CC1. The van der Waals surface area contributed by atoms with Crippen molar-refractivity contribution in [2.45, 2.75) is 26.3 Å². The Morgan fingerprint density at radius 3 is 2.64 bits per heavy atom. The third-order valence-corrected chi connectivity index (χ3v) is 4.55. The Hall–Kier alpha value is -1.65. The number of nitrogens with zero attached hydrogens (tertiary/aromatic N) is 3. The number of hydrogen-bond acceptors (Lipinski definition) is 3. The summed E-state index contributed by atoms with van der Waals surface area (Å²) in [7, 11) is 0. The van der Waals surface area contributed by atoms with Crippen LogP contribution in [0, 0.1) is 5.92 Å². The maximum Gasteiger partial charge on any atom is 0.0991 e.